The third-order valence-corrected chi connectivity index (χ3v) is 2.18. The number of nitrogens with zero attached hydrogens (tertiary/aromatic N) is 2. The van der Waals surface area contributed by atoms with Gasteiger partial charge in [0.2, 0.25) is 11.8 Å². The first-order valence-electron chi connectivity index (χ1n) is 4.88. The number of aryl methyl sites for hydroxylation is 1. The number of rotatable bonds is 5. The number of anilines is 1. The van der Waals surface area contributed by atoms with Crippen LogP contribution in [0.5, 0.6) is 5.88 Å². The van der Waals surface area contributed by atoms with E-state index in [0.29, 0.717) is 17.7 Å². The summed E-state index contributed by atoms with van der Waals surface area (Å²) in [5.74, 6) is 1.78. The Balaban J connectivity index is 2.71. The number of halogens is 1. The first-order valence-corrected chi connectivity index (χ1v) is 5.41. The highest BCUT2D eigenvalue weighted by Gasteiger charge is 2.05. The lowest BCUT2D eigenvalue weighted by atomic mass is 10.3. The molecular weight excluding hydrogens is 214 g/mol. The van der Waals surface area contributed by atoms with E-state index >= 15 is 0 Å². The Morgan fingerprint density at radius 1 is 1.53 bits per heavy atom. The molecule has 15 heavy (non-hydrogen) atoms. The van der Waals surface area contributed by atoms with Crippen molar-refractivity contribution in [3.05, 3.63) is 11.8 Å². The number of methoxy groups -OCH3 is 1. The van der Waals surface area contributed by atoms with Crippen LogP contribution in [0.1, 0.15) is 19.0 Å². The van der Waals surface area contributed by atoms with Gasteiger partial charge in [-0.3, -0.25) is 0 Å². The van der Waals surface area contributed by atoms with Gasteiger partial charge in [0, 0.05) is 23.7 Å². The molecule has 0 amide bonds. The monoisotopic (exact) mass is 229 g/mol. The topological polar surface area (TPSA) is 47.0 Å². The molecule has 1 N–H and O–H groups in total. The highest BCUT2D eigenvalue weighted by molar-refractivity contribution is 6.17. The van der Waals surface area contributed by atoms with Crippen molar-refractivity contribution in [2.24, 2.45) is 0 Å². The van der Waals surface area contributed by atoms with Gasteiger partial charge in [0.15, 0.2) is 0 Å². The molecule has 0 aliphatic carbocycles. The molecular formula is C10H16ClN3O. The summed E-state index contributed by atoms with van der Waals surface area (Å²) in [6, 6.07) is 2.05. The molecule has 5 heteroatoms. The normalized spacial score (nSPS) is 12.3. The Morgan fingerprint density at radius 2 is 2.27 bits per heavy atom. The summed E-state index contributed by atoms with van der Waals surface area (Å²) in [5, 5.41) is 3.17. The van der Waals surface area contributed by atoms with Crippen LogP contribution in [0.25, 0.3) is 0 Å². The number of hydrogen-bond donors (Lipinski definition) is 1. The molecule has 1 aromatic heterocycles. The highest BCUT2D eigenvalue weighted by Crippen LogP contribution is 2.12. The zero-order valence-corrected chi connectivity index (χ0v) is 10.0. The smallest absolute Gasteiger partial charge is 0.226 e. The van der Waals surface area contributed by atoms with Crippen molar-refractivity contribution in [3.63, 3.8) is 0 Å². The molecule has 0 aromatic carbocycles. The van der Waals surface area contributed by atoms with Gasteiger partial charge < -0.3 is 10.1 Å². The van der Waals surface area contributed by atoms with Crippen molar-refractivity contribution < 1.29 is 4.74 Å². The number of alkyl halides is 1. The average molecular weight is 230 g/mol. The molecule has 1 aromatic rings. The van der Waals surface area contributed by atoms with E-state index in [9.17, 15) is 0 Å². The van der Waals surface area contributed by atoms with Gasteiger partial charge in [-0.1, -0.05) is 0 Å². The molecule has 1 atom stereocenters. The number of aromatic nitrogens is 2. The minimum atomic E-state index is 0.258. The van der Waals surface area contributed by atoms with E-state index in [0.717, 1.165) is 12.1 Å². The molecule has 1 heterocycles. The molecule has 4 nitrogen and oxygen atoms in total. The maximum absolute atomic E-state index is 5.65. The van der Waals surface area contributed by atoms with Gasteiger partial charge in [-0.25, -0.2) is 4.98 Å². The Hall–Kier alpha value is -1.03. The molecule has 0 aliphatic rings. The second-order valence-corrected chi connectivity index (χ2v) is 3.78. The second-order valence-electron chi connectivity index (χ2n) is 3.40. The first kappa shape index (κ1) is 12.0. The molecule has 1 unspecified atom stereocenters. The van der Waals surface area contributed by atoms with Crippen LogP contribution in [0.15, 0.2) is 6.07 Å². The van der Waals surface area contributed by atoms with Crippen molar-refractivity contribution >= 4 is 17.5 Å². The van der Waals surface area contributed by atoms with Crippen molar-refractivity contribution in [2.75, 3.05) is 18.3 Å². The van der Waals surface area contributed by atoms with E-state index in [-0.39, 0.29) is 6.04 Å². The van der Waals surface area contributed by atoms with Crippen LogP contribution in [-0.4, -0.2) is 29.0 Å². The van der Waals surface area contributed by atoms with Crippen LogP contribution in [0.4, 0.5) is 5.95 Å². The summed E-state index contributed by atoms with van der Waals surface area (Å²) >= 11 is 5.65. The molecule has 0 saturated heterocycles. The molecule has 0 spiro atoms. The minimum absolute atomic E-state index is 0.258. The Bertz CT molecular complexity index is 320. The van der Waals surface area contributed by atoms with Crippen LogP contribution < -0.4 is 10.1 Å². The molecule has 0 aliphatic heterocycles. The Kier molecular flexibility index (Phi) is 4.62. The zero-order chi connectivity index (χ0) is 11.3. The second kappa shape index (κ2) is 5.75. The third kappa shape index (κ3) is 3.91. The summed E-state index contributed by atoms with van der Waals surface area (Å²) in [5.41, 5.74) is 0.877. The quantitative estimate of drug-likeness (QED) is 0.787. The number of nitrogens with one attached hydrogen (secondary N) is 1. The molecule has 0 radical (unpaired) electrons. The summed E-state index contributed by atoms with van der Waals surface area (Å²) < 4.78 is 5.06. The van der Waals surface area contributed by atoms with Crippen molar-refractivity contribution in [2.45, 2.75) is 26.3 Å². The van der Waals surface area contributed by atoms with E-state index in [1.165, 1.54) is 0 Å². The standard InChI is InChI=1S/C10H16ClN3O/c1-7(4-5-11)12-10-13-8(2)6-9(14-10)15-3/h6-7H,4-5H2,1-3H3,(H,12,13,14). The van der Waals surface area contributed by atoms with Gasteiger partial charge in [-0.15, -0.1) is 11.6 Å². The fraction of sp³-hybridized carbons (Fsp3) is 0.600. The van der Waals surface area contributed by atoms with Crippen LogP contribution in [0.2, 0.25) is 0 Å². The van der Waals surface area contributed by atoms with Gasteiger partial charge in [0.25, 0.3) is 0 Å². The minimum Gasteiger partial charge on any atom is -0.481 e. The van der Waals surface area contributed by atoms with E-state index in [1.807, 2.05) is 13.8 Å². The first-order chi connectivity index (χ1) is 7.15. The fourth-order valence-corrected chi connectivity index (χ4v) is 1.49. The summed E-state index contributed by atoms with van der Waals surface area (Å²) in [7, 11) is 1.59. The van der Waals surface area contributed by atoms with Crippen LogP contribution in [-0.2, 0) is 0 Å². The van der Waals surface area contributed by atoms with Crippen molar-refractivity contribution in [1.29, 1.82) is 0 Å². The number of hydrogen-bond acceptors (Lipinski definition) is 4. The average Bonchev–Trinajstić information content (AvgIpc) is 2.17. The molecule has 84 valence electrons. The molecule has 0 fully saturated rings. The Morgan fingerprint density at radius 3 is 2.87 bits per heavy atom. The predicted molar refractivity (Wildman–Crippen MR) is 61.7 cm³/mol. The fourth-order valence-electron chi connectivity index (χ4n) is 1.17. The maximum atomic E-state index is 5.65. The molecule has 1 rings (SSSR count). The lowest BCUT2D eigenvalue weighted by Crippen LogP contribution is -2.17. The predicted octanol–water partition coefficient (Wildman–Crippen LogP) is 2.22. The van der Waals surface area contributed by atoms with Gasteiger partial charge in [-0.05, 0) is 20.3 Å². The van der Waals surface area contributed by atoms with Crippen LogP contribution in [0, 0.1) is 6.92 Å². The van der Waals surface area contributed by atoms with Crippen LogP contribution in [0.3, 0.4) is 0 Å². The lowest BCUT2D eigenvalue weighted by molar-refractivity contribution is 0.397. The molecule has 0 bridgehead atoms. The van der Waals surface area contributed by atoms with E-state index in [2.05, 4.69) is 15.3 Å². The maximum Gasteiger partial charge on any atom is 0.226 e. The number of ether oxygens (including phenoxy) is 1. The lowest BCUT2D eigenvalue weighted by Gasteiger charge is -2.12. The summed E-state index contributed by atoms with van der Waals surface area (Å²) in [6.45, 7) is 3.95. The van der Waals surface area contributed by atoms with Gasteiger partial charge in [-0.2, -0.15) is 4.98 Å². The van der Waals surface area contributed by atoms with Gasteiger partial charge >= 0.3 is 0 Å². The largest absolute Gasteiger partial charge is 0.481 e. The van der Waals surface area contributed by atoms with Gasteiger partial charge in [0.05, 0.1) is 7.11 Å². The van der Waals surface area contributed by atoms with Gasteiger partial charge in [0.1, 0.15) is 0 Å². The van der Waals surface area contributed by atoms with E-state index in [1.54, 1.807) is 13.2 Å². The highest BCUT2D eigenvalue weighted by atomic mass is 35.5. The summed E-state index contributed by atoms with van der Waals surface area (Å²) in [4.78, 5) is 8.45. The Labute approximate surface area is 95.0 Å². The summed E-state index contributed by atoms with van der Waals surface area (Å²) in [6.07, 6.45) is 0.876. The van der Waals surface area contributed by atoms with Crippen molar-refractivity contribution in [3.8, 4) is 5.88 Å². The molecule has 0 saturated carbocycles. The third-order valence-electron chi connectivity index (χ3n) is 1.96. The van der Waals surface area contributed by atoms with Crippen molar-refractivity contribution in [1.82, 2.24) is 9.97 Å². The van der Waals surface area contributed by atoms with E-state index < -0.39 is 0 Å². The SMILES string of the molecule is COc1cc(C)nc(NC(C)CCCl)n1. The van der Waals surface area contributed by atoms with Crippen LogP contribution >= 0.6 is 11.6 Å². The van der Waals surface area contributed by atoms with E-state index in [4.69, 9.17) is 16.3 Å². The zero-order valence-electron chi connectivity index (χ0n) is 9.25.